The zero-order chi connectivity index (χ0) is 12.4. The lowest BCUT2D eigenvalue weighted by Gasteiger charge is -2.31. The van der Waals surface area contributed by atoms with Gasteiger partial charge in [0.1, 0.15) is 0 Å². The van der Waals surface area contributed by atoms with E-state index < -0.39 is 0 Å². The van der Waals surface area contributed by atoms with E-state index in [1.165, 1.54) is 12.8 Å². The van der Waals surface area contributed by atoms with Crippen molar-refractivity contribution >= 4 is 5.91 Å². The van der Waals surface area contributed by atoms with Crippen molar-refractivity contribution in [3.63, 3.8) is 0 Å². The summed E-state index contributed by atoms with van der Waals surface area (Å²) in [5, 5.41) is 3.43. The summed E-state index contributed by atoms with van der Waals surface area (Å²) in [5.41, 5.74) is 0. The predicted octanol–water partition coefficient (Wildman–Crippen LogP) is 0.680. The lowest BCUT2D eigenvalue weighted by Crippen LogP contribution is -2.47. The smallest absolute Gasteiger partial charge is 0.237 e. The molecule has 1 N–H and O–H groups in total. The molecule has 0 spiro atoms. The third kappa shape index (κ3) is 2.80. The second kappa shape index (κ2) is 5.36. The van der Waals surface area contributed by atoms with Crippen LogP contribution < -0.4 is 5.32 Å². The summed E-state index contributed by atoms with van der Waals surface area (Å²) in [7, 11) is 2.03. The summed E-state index contributed by atoms with van der Waals surface area (Å²) >= 11 is 0. The van der Waals surface area contributed by atoms with Gasteiger partial charge >= 0.3 is 0 Å². The molecule has 1 amide bonds. The van der Waals surface area contributed by atoms with E-state index in [9.17, 15) is 4.79 Å². The Bertz CT molecular complexity index is 266. The summed E-state index contributed by atoms with van der Waals surface area (Å²) in [5.74, 6) is 0.317. The highest BCUT2D eigenvalue weighted by Crippen LogP contribution is 2.27. The fraction of sp³-hybridized carbons (Fsp3) is 0.923. The molecular formula is C13H25N3O. The van der Waals surface area contributed by atoms with Crippen molar-refractivity contribution < 1.29 is 4.79 Å². The van der Waals surface area contributed by atoms with Gasteiger partial charge in [-0.1, -0.05) is 0 Å². The second-order valence-electron chi connectivity index (χ2n) is 5.69. The maximum absolute atomic E-state index is 12.4. The van der Waals surface area contributed by atoms with Crippen LogP contribution >= 0.6 is 0 Å². The van der Waals surface area contributed by atoms with Crippen LogP contribution in [0.4, 0.5) is 0 Å². The number of carbonyl (C=O) groups excluding carboxylic acids is 1. The zero-order valence-corrected chi connectivity index (χ0v) is 11.3. The third-order valence-electron chi connectivity index (χ3n) is 4.21. The molecule has 2 rings (SSSR count). The Kier molecular flexibility index (Phi) is 4.05. The van der Waals surface area contributed by atoms with Gasteiger partial charge in [0, 0.05) is 24.7 Å². The minimum atomic E-state index is 0.317. The Morgan fingerprint density at radius 1 is 1.35 bits per heavy atom. The molecule has 0 radical (unpaired) electrons. The molecule has 0 aromatic heterocycles. The normalized spacial score (nSPS) is 28.9. The number of amides is 1. The van der Waals surface area contributed by atoms with Crippen LogP contribution in [0.25, 0.3) is 0 Å². The van der Waals surface area contributed by atoms with E-state index in [-0.39, 0.29) is 0 Å². The average molecular weight is 239 g/mol. The van der Waals surface area contributed by atoms with Gasteiger partial charge in [0.25, 0.3) is 0 Å². The Morgan fingerprint density at radius 3 is 2.76 bits per heavy atom. The maximum Gasteiger partial charge on any atom is 0.237 e. The molecule has 4 heteroatoms. The van der Waals surface area contributed by atoms with Crippen LogP contribution in [0.2, 0.25) is 0 Å². The van der Waals surface area contributed by atoms with Gasteiger partial charge in [-0.25, -0.2) is 0 Å². The standard InChI is InChI=1S/C13H25N3O/c1-10(2)15(3)9-13(17)16-11-4-5-12(16)8-14-7-6-11/h10-12,14H,4-9H2,1-3H3. The Hall–Kier alpha value is -0.610. The first-order chi connectivity index (χ1) is 8.09. The van der Waals surface area contributed by atoms with Crippen LogP contribution in [-0.2, 0) is 4.79 Å². The number of hydrogen-bond acceptors (Lipinski definition) is 3. The zero-order valence-electron chi connectivity index (χ0n) is 11.3. The van der Waals surface area contributed by atoms with Crippen molar-refractivity contribution in [3.8, 4) is 0 Å². The van der Waals surface area contributed by atoms with Crippen LogP contribution in [0.3, 0.4) is 0 Å². The van der Waals surface area contributed by atoms with Gasteiger partial charge in [-0.05, 0) is 46.7 Å². The molecule has 0 aliphatic carbocycles. The fourth-order valence-corrected chi connectivity index (χ4v) is 2.87. The Balaban J connectivity index is 1.98. The molecule has 0 aromatic rings. The summed E-state index contributed by atoms with van der Waals surface area (Å²) in [6.07, 6.45) is 3.49. The third-order valence-corrected chi connectivity index (χ3v) is 4.21. The monoisotopic (exact) mass is 239 g/mol. The topological polar surface area (TPSA) is 35.6 Å². The minimum absolute atomic E-state index is 0.317. The number of nitrogens with zero attached hydrogens (tertiary/aromatic N) is 2. The molecule has 4 nitrogen and oxygen atoms in total. The highest BCUT2D eigenvalue weighted by atomic mass is 16.2. The lowest BCUT2D eigenvalue weighted by atomic mass is 10.1. The molecule has 0 saturated carbocycles. The van der Waals surface area contributed by atoms with Crippen molar-refractivity contribution in [1.29, 1.82) is 0 Å². The Labute approximate surface area is 104 Å². The minimum Gasteiger partial charge on any atom is -0.334 e. The first-order valence-corrected chi connectivity index (χ1v) is 6.81. The van der Waals surface area contributed by atoms with E-state index in [1.54, 1.807) is 0 Å². The first kappa shape index (κ1) is 12.8. The van der Waals surface area contributed by atoms with Crippen LogP contribution in [0.1, 0.15) is 33.1 Å². The largest absolute Gasteiger partial charge is 0.334 e. The van der Waals surface area contributed by atoms with E-state index in [1.807, 2.05) is 7.05 Å². The van der Waals surface area contributed by atoms with Crippen molar-refractivity contribution in [1.82, 2.24) is 15.1 Å². The van der Waals surface area contributed by atoms with Crippen molar-refractivity contribution in [3.05, 3.63) is 0 Å². The molecule has 2 heterocycles. The molecule has 2 atom stereocenters. The maximum atomic E-state index is 12.4. The van der Waals surface area contributed by atoms with Crippen LogP contribution in [0.5, 0.6) is 0 Å². The summed E-state index contributed by atoms with van der Waals surface area (Å²) in [6, 6.07) is 1.36. The molecule has 2 aliphatic heterocycles. The molecule has 2 unspecified atom stereocenters. The van der Waals surface area contributed by atoms with Crippen molar-refractivity contribution in [2.24, 2.45) is 0 Å². The van der Waals surface area contributed by atoms with E-state index in [4.69, 9.17) is 0 Å². The van der Waals surface area contributed by atoms with Gasteiger partial charge in [-0.2, -0.15) is 0 Å². The number of fused-ring (bicyclic) bond motifs is 2. The molecule has 98 valence electrons. The van der Waals surface area contributed by atoms with Gasteiger partial charge in [0.15, 0.2) is 0 Å². The van der Waals surface area contributed by atoms with Gasteiger partial charge in [-0.15, -0.1) is 0 Å². The Morgan fingerprint density at radius 2 is 2.06 bits per heavy atom. The van der Waals surface area contributed by atoms with Gasteiger partial charge in [-0.3, -0.25) is 9.69 Å². The molecule has 17 heavy (non-hydrogen) atoms. The van der Waals surface area contributed by atoms with Gasteiger partial charge < -0.3 is 10.2 Å². The second-order valence-corrected chi connectivity index (χ2v) is 5.69. The summed E-state index contributed by atoms with van der Waals surface area (Å²) < 4.78 is 0. The molecule has 2 bridgehead atoms. The van der Waals surface area contributed by atoms with Crippen LogP contribution in [-0.4, -0.2) is 60.5 Å². The number of rotatable bonds is 3. The lowest BCUT2D eigenvalue weighted by molar-refractivity contribution is -0.135. The molecule has 2 aliphatic rings. The van der Waals surface area contributed by atoms with Crippen molar-refractivity contribution in [2.75, 3.05) is 26.7 Å². The van der Waals surface area contributed by atoms with E-state index in [2.05, 4.69) is 29.0 Å². The molecule has 2 saturated heterocycles. The SMILES string of the molecule is CC(C)N(C)CC(=O)N1C2CCNCC1CC2. The fourth-order valence-electron chi connectivity index (χ4n) is 2.87. The van der Waals surface area contributed by atoms with Gasteiger partial charge in [0.2, 0.25) is 5.91 Å². The first-order valence-electron chi connectivity index (χ1n) is 6.81. The van der Waals surface area contributed by atoms with Crippen LogP contribution in [0, 0.1) is 0 Å². The van der Waals surface area contributed by atoms with E-state index in [0.29, 0.717) is 30.6 Å². The summed E-state index contributed by atoms with van der Waals surface area (Å²) in [4.78, 5) is 16.7. The number of likely N-dealkylation sites (N-methyl/N-ethyl adjacent to an activating group) is 1. The highest BCUT2D eigenvalue weighted by molar-refractivity contribution is 5.79. The van der Waals surface area contributed by atoms with E-state index >= 15 is 0 Å². The number of nitrogens with one attached hydrogen (secondary N) is 1. The predicted molar refractivity (Wildman–Crippen MR) is 68.9 cm³/mol. The van der Waals surface area contributed by atoms with Crippen LogP contribution in [0.15, 0.2) is 0 Å². The molecule has 2 fully saturated rings. The summed E-state index contributed by atoms with van der Waals surface area (Å²) in [6.45, 7) is 6.86. The average Bonchev–Trinajstić information content (AvgIpc) is 2.51. The highest BCUT2D eigenvalue weighted by Gasteiger charge is 2.37. The van der Waals surface area contributed by atoms with Crippen molar-refractivity contribution in [2.45, 2.75) is 51.2 Å². The molecular weight excluding hydrogens is 214 g/mol. The van der Waals surface area contributed by atoms with Gasteiger partial charge in [0.05, 0.1) is 6.54 Å². The number of carbonyl (C=O) groups is 1. The number of hydrogen-bond donors (Lipinski definition) is 1. The quantitative estimate of drug-likeness (QED) is 0.786. The van der Waals surface area contributed by atoms with E-state index in [0.717, 1.165) is 19.5 Å². The molecule has 0 aromatic carbocycles.